The summed E-state index contributed by atoms with van der Waals surface area (Å²) in [7, 11) is 1.71. The van der Waals surface area contributed by atoms with Gasteiger partial charge in [0.2, 0.25) is 0 Å². The maximum atomic E-state index is 6.08. The molecule has 5 nitrogen and oxygen atoms in total. The van der Waals surface area contributed by atoms with Gasteiger partial charge in [-0.3, -0.25) is 4.99 Å². The standard InChI is InChI=1S/C22H34ClN3O2.HI/c1-3-24-21(26-12-9-18(15-26)16-28-14-13-27-2)25-17-22(10-4-11-22)19-5-7-20(23)8-6-19;/h5-8,18H,3-4,9-17H2,1-2H3,(H,24,25);1H. The number of halogens is 2. The van der Waals surface area contributed by atoms with E-state index < -0.39 is 0 Å². The molecule has 1 N–H and O–H groups in total. The second-order valence-electron chi connectivity index (χ2n) is 7.98. The van der Waals surface area contributed by atoms with E-state index in [0.29, 0.717) is 19.1 Å². The van der Waals surface area contributed by atoms with Crippen LogP contribution in [0.1, 0.15) is 38.2 Å². The fourth-order valence-electron chi connectivity index (χ4n) is 4.15. The van der Waals surface area contributed by atoms with Crippen LogP contribution in [0.15, 0.2) is 29.3 Å². The highest BCUT2D eigenvalue weighted by atomic mass is 127. The molecule has 1 aliphatic heterocycles. The fourth-order valence-corrected chi connectivity index (χ4v) is 4.28. The van der Waals surface area contributed by atoms with Crippen molar-refractivity contribution in [1.82, 2.24) is 10.2 Å². The van der Waals surface area contributed by atoms with Crippen LogP contribution in [0.4, 0.5) is 0 Å². The van der Waals surface area contributed by atoms with Crippen LogP contribution in [-0.4, -0.2) is 64.0 Å². The molecule has 1 atom stereocenters. The van der Waals surface area contributed by atoms with Crippen LogP contribution in [0.3, 0.4) is 0 Å². The first-order valence-electron chi connectivity index (χ1n) is 10.5. The zero-order chi connectivity index (χ0) is 19.8. The minimum Gasteiger partial charge on any atom is -0.382 e. The van der Waals surface area contributed by atoms with Crippen LogP contribution in [-0.2, 0) is 14.9 Å². The highest BCUT2D eigenvalue weighted by Gasteiger charge is 2.39. The third-order valence-electron chi connectivity index (χ3n) is 6.00. The number of hydrogen-bond donors (Lipinski definition) is 1. The van der Waals surface area contributed by atoms with Crippen molar-refractivity contribution >= 4 is 41.5 Å². The second-order valence-corrected chi connectivity index (χ2v) is 8.42. The number of nitrogens with one attached hydrogen (secondary N) is 1. The number of methoxy groups -OCH3 is 1. The summed E-state index contributed by atoms with van der Waals surface area (Å²) in [4.78, 5) is 7.46. The predicted octanol–water partition coefficient (Wildman–Crippen LogP) is 4.33. The number of hydrogen-bond acceptors (Lipinski definition) is 3. The quantitative estimate of drug-likeness (QED) is 0.221. The van der Waals surface area contributed by atoms with Gasteiger partial charge in [0.1, 0.15) is 0 Å². The highest BCUT2D eigenvalue weighted by Crippen LogP contribution is 2.44. The molecule has 1 saturated heterocycles. The first-order valence-corrected chi connectivity index (χ1v) is 10.9. The Hall–Kier alpha value is -0.570. The Morgan fingerprint density at radius 1 is 1.28 bits per heavy atom. The van der Waals surface area contributed by atoms with Gasteiger partial charge in [-0.25, -0.2) is 0 Å². The predicted molar refractivity (Wildman–Crippen MR) is 131 cm³/mol. The van der Waals surface area contributed by atoms with Gasteiger partial charge in [0.25, 0.3) is 0 Å². The number of ether oxygens (including phenoxy) is 2. The number of likely N-dealkylation sites (tertiary alicyclic amines) is 1. The van der Waals surface area contributed by atoms with Crippen LogP contribution in [0, 0.1) is 5.92 Å². The largest absolute Gasteiger partial charge is 0.382 e. The molecule has 0 spiro atoms. The maximum absolute atomic E-state index is 6.08. The van der Waals surface area contributed by atoms with Crippen LogP contribution in [0.2, 0.25) is 5.02 Å². The Morgan fingerprint density at radius 3 is 2.66 bits per heavy atom. The van der Waals surface area contributed by atoms with E-state index in [2.05, 4.69) is 29.3 Å². The Morgan fingerprint density at radius 2 is 2.03 bits per heavy atom. The van der Waals surface area contributed by atoms with Gasteiger partial charge in [0.05, 0.1) is 26.4 Å². The zero-order valence-corrected chi connectivity index (χ0v) is 20.7. The number of nitrogens with zero attached hydrogens (tertiary/aromatic N) is 2. The second kappa shape index (κ2) is 12.3. The summed E-state index contributed by atoms with van der Waals surface area (Å²) in [6.07, 6.45) is 4.83. The first-order chi connectivity index (χ1) is 13.7. The fraction of sp³-hybridized carbons (Fsp3) is 0.682. The highest BCUT2D eigenvalue weighted by molar-refractivity contribution is 14.0. The molecule has 1 saturated carbocycles. The number of benzene rings is 1. The summed E-state index contributed by atoms with van der Waals surface area (Å²) in [5.74, 6) is 1.61. The average Bonchev–Trinajstić information content (AvgIpc) is 3.13. The van der Waals surface area contributed by atoms with E-state index in [-0.39, 0.29) is 29.4 Å². The summed E-state index contributed by atoms with van der Waals surface area (Å²) in [5.41, 5.74) is 1.54. The number of guanidine groups is 1. The van der Waals surface area contributed by atoms with Crippen LogP contribution in [0.25, 0.3) is 0 Å². The third-order valence-corrected chi connectivity index (χ3v) is 6.26. The zero-order valence-electron chi connectivity index (χ0n) is 17.7. The molecule has 1 aromatic rings. The molecule has 1 heterocycles. The van der Waals surface area contributed by atoms with E-state index in [1.165, 1.54) is 24.8 Å². The van der Waals surface area contributed by atoms with Gasteiger partial charge in [0, 0.05) is 43.1 Å². The summed E-state index contributed by atoms with van der Waals surface area (Å²) < 4.78 is 10.8. The van der Waals surface area contributed by atoms with Crippen molar-refractivity contribution in [2.75, 3.05) is 53.1 Å². The van der Waals surface area contributed by atoms with Crippen LogP contribution >= 0.6 is 35.6 Å². The van der Waals surface area contributed by atoms with Crippen molar-refractivity contribution < 1.29 is 9.47 Å². The smallest absolute Gasteiger partial charge is 0.193 e. The normalized spacial score (nSPS) is 20.9. The van der Waals surface area contributed by atoms with Crippen LogP contribution in [0.5, 0.6) is 0 Å². The first kappa shape index (κ1) is 24.7. The van der Waals surface area contributed by atoms with Crippen molar-refractivity contribution in [1.29, 1.82) is 0 Å². The van der Waals surface area contributed by atoms with E-state index in [9.17, 15) is 0 Å². The Bertz CT molecular complexity index is 637. The SMILES string of the molecule is CCNC(=NCC1(c2ccc(Cl)cc2)CCC1)N1CCC(COCCOC)C1.I. The van der Waals surface area contributed by atoms with Gasteiger partial charge in [-0.1, -0.05) is 30.2 Å². The molecule has 1 unspecified atom stereocenters. The molecule has 1 aliphatic carbocycles. The topological polar surface area (TPSA) is 46.1 Å². The Kier molecular flexibility index (Phi) is 10.5. The van der Waals surface area contributed by atoms with E-state index in [0.717, 1.165) is 50.2 Å². The lowest BCUT2D eigenvalue weighted by Gasteiger charge is -2.41. The lowest BCUT2D eigenvalue weighted by Crippen LogP contribution is -2.43. The molecule has 7 heteroatoms. The van der Waals surface area contributed by atoms with Gasteiger partial charge >= 0.3 is 0 Å². The molecule has 164 valence electrons. The van der Waals surface area contributed by atoms with Crippen molar-refractivity contribution in [2.24, 2.45) is 10.9 Å². The van der Waals surface area contributed by atoms with E-state index >= 15 is 0 Å². The lowest BCUT2D eigenvalue weighted by molar-refractivity contribution is 0.0536. The maximum Gasteiger partial charge on any atom is 0.193 e. The molecule has 2 fully saturated rings. The van der Waals surface area contributed by atoms with Gasteiger partial charge in [-0.2, -0.15) is 0 Å². The molecule has 3 rings (SSSR count). The molecule has 29 heavy (non-hydrogen) atoms. The monoisotopic (exact) mass is 535 g/mol. The van der Waals surface area contributed by atoms with Crippen molar-refractivity contribution in [3.8, 4) is 0 Å². The summed E-state index contributed by atoms with van der Waals surface area (Å²) >= 11 is 6.08. The summed E-state index contributed by atoms with van der Waals surface area (Å²) in [5, 5.41) is 4.29. The van der Waals surface area contributed by atoms with Gasteiger partial charge in [-0.05, 0) is 43.9 Å². The van der Waals surface area contributed by atoms with Gasteiger partial charge in [-0.15, -0.1) is 24.0 Å². The molecule has 0 bridgehead atoms. The number of aliphatic imine (C=N–C) groups is 1. The van der Waals surface area contributed by atoms with Crippen LogP contribution < -0.4 is 5.32 Å². The lowest BCUT2D eigenvalue weighted by atomic mass is 9.64. The van der Waals surface area contributed by atoms with Gasteiger partial charge < -0.3 is 19.7 Å². The third kappa shape index (κ3) is 6.71. The summed E-state index contributed by atoms with van der Waals surface area (Å²) in [6, 6.07) is 8.35. The minimum absolute atomic E-state index is 0. The van der Waals surface area contributed by atoms with E-state index in [1.807, 2.05) is 12.1 Å². The molecular weight excluding hydrogens is 501 g/mol. The molecule has 0 amide bonds. The van der Waals surface area contributed by atoms with Crippen molar-refractivity contribution in [3.63, 3.8) is 0 Å². The molecule has 0 radical (unpaired) electrons. The van der Waals surface area contributed by atoms with Crippen molar-refractivity contribution in [3.05, 3.63) is 34.9 Å². The van der Waals surface area contributed by atoms with E-state index in [4.69, 9.17) is 26.1 Å². The van der Waals surface area contributed by atoms with E-state index in [1.54, 1.807) is 7.11 Å². The molecule has 1 aromatic carbocycles. The summed E-state index contributed by atoms with van der Waals surface area (Å²) in [6.45, 7) is 8.03. The molecular formula is C22H35ClIN3O2. The Balaban J connectivity index is 0.00000300. The number of rotatable bonds is 9. The van der Waals surface area contributed by atoms with Crippen molar-refractivity contribution in [2.45, 2.75) is 38.0 Å². The molecule has 0 aromatic heterocycles. The minimum atomic E-state index is 0. The molecule has 2 aliphatic rings. The average molecular weight is 536 g/mol. The Labute approximate surface area is 197 Å². The van der Waals surface area contributed by atoms with Gasteiger partial charge in [0.15, 0.2) is 5.96 Å².